The Morgan fingerprint density at radius 3 is 2.73 bits per heavy atom. The molecule has 0 amide bonds. The molecule has 0 bridgehead atoms. The molecule has 1 aliphatic heterocycles. The first-order valence-electron chi connectivity index (χ1n) is 5.15. The number of nitriles is 1. The Morgan fingerprint density at radius 2 is 2.13 bits per heavy atom. The average molecular weight is 202 g/mol. The van der Waals surface area contributed by atoms with Crippen LogP contribution in [0.1, 0.15) is 12.8 Å². The van der Waals surface area contributed by atoms with Crippen LogP contribution in [0, 0.1) is 11.3 Å². The van der Waals surface area contributed by atoms with E-state index in [1.807, 2.05) is 24.3 Å². The predicted molar refractivity (Wildman–Crippen MR) is 59.0 cm³/mol. The van der Waals surface area contributed by atoms with Crippen molar-refractivity contribution in [3.8, 4) is 11.8 Å². The summed E-state index contributed by atoms with van der Waals surface area (Å²) in [6, 6.07) is 10.3. The van der Waals surface area contributed by atoms with Gasteiger partial charge in [0.15, 0.2) is 0 Å². The van der Waals surface area contributed by atoms with E-state index in [1.54, 1.807) is 7.11 Å². The topological polar surface area (TPSA) is 36.3 Å². The molecule has 0 saturated carbocycles. The van der Waals surface area contributed by atoms with Crippen LogP contribution in [0.5, 0.6) is 5.75 Å². The summed E-state index contributed by atoms with van der Waals surface area (Å²) in [7, 11) is 1.66. The molecule has 1 unspecified atom stereocenters. The van der Waals surface area contributed by atoms with E-state index in [1.165, 1.54) is 0 Å². The molecule has 78 valence electrons. The maximum Gasteiger partial charge on any atom is 0.119 e. The van der Waals surface area contributed by atoms with Crippen LogP contribution in [-0.4, -0.2) is 19.7 Å². The quantitative estimate of drug-likeness (QED) is 0.737. The van der Waals surface area contributed by atoms with Crippen LogP contribution in [0.25, 0.3) is 0 Å². The third kappa shape index (κ3) is 1.89. The number of nitrogens with zero attached hydrogens (tertiary/aromatic N) is 2. The van der Waals surface area contributed by atoms with Crippen molar-refractivity contribution in [3.63, 3.8) is 0 Å². The van der Waals surface area contributed by atoms with Gasteiger partial charge in [0.05, 0.1) is 13.2 Å². The van der Waals surface area contributed by atoms with Crippen LogP contribution < -0.4 is 9.64 Å². The molecule has 1 fully saturated rings. The van der Waals surface area contributed by atoms with E-state index in [4.69, 9.17) is 10.00 Å². The van der Waals surface area contributed by atoms with Gasteiger partial charge in [-0.2, -0.15) is 5.26 Å². The number of methoxy groups -OCH3 is 1. The van der Waals surface area contributed by atoms with Crippen molar-refractivity contribution < 1.29 is 4.74 Å². The minimum absolute atomic E-state index is 0.0402. The molecular weight excluding hydrogens is 188 g/mol. The Kier molecular flexibility index (Phi) is 2.77. The van der Waals surface area contributed by atoms with Crippen molar-refractivity contribution in [3.05, 3.63) is 24.3 Å². The van der Waals surface area contributed by atoms with E-state index >= 15 is 0 Å². The maximum atomic E-state index is 8.98. The van der Waals surface area contributed by atoms with Gasteiger partial charge in [0.1, 0.15) is 11.8 Å². The highest BCUT2D eigenvalue weighted by atomic mass is 16.5. The Balaban J connectivity index is 2.19. The summed E-state index contributed by atoms with van der Waals surface area (Å²) in [6.45, 7) is 0.977. The Bertz CT molecular complexity index is 366. The normalized spacial score (nSPS) is 20.0. The third-order valence-electron chi connectivity index (χ3n) is 2.81. The molecule has 1 aliphatic rings. The number of anilines is 1. The molecule has 0 aliphatic carbocycles. The summed E-state index contributed by atoms with van der Waals surface area (Å²) in [5.41, 5.74) is 1.11. The lowest BCUT2D eigenvalue weighted by atomic mass is 10.2. The van der Waals surface area contributed by atoms with Gasteiger partial charge in [-0.3, -0.25) is 0 Å². The monoisotopic (exact) mass is 202 g/mol. The summed E-state index contributed by atoms with van der Waals surface area (Å²) in [5, 5.41) is 8.98. The average Bonchev–Trinajstić information content (AvgIpc) is 2.77. The van der Waals surface area contributed by atoms with Gasteiger partial charge < -0.3 is 9.64 Å². The van der Waals surface area contributed by atoms with E-state index in [9.17, 15) is 0 Å². The molecule has 0 spiro atoms. The van der Waals surface area contributed by atoms with Gasteiger partial charge in [0, 0.05) is 12.2 Å². The Morgan fingerprint density at radius 1 is 1.40 bits per heavy atom. The standard InChI is InChI=1S/C12H14N2O/c1-15-12-6-4-10(5-7-12)14-8-2-3-11(14)9-13/h4-7,11H,2-3,8H2,1H3. The van der Waals surface area contributed by atoms with Gasteiger partial charge >= 0.3 is 0 Å². The molecule has 1 aromatic rings. The lowest BCUT2D eigenvalue weighted by Crippen LogP contribution is -2.27. The Hall–Kier alpha value is -1.69. The largest absolute Gasteiger partial charge is 0.497 e. The molecule has 0 radical (unpaired) electrons. The van der Waals surface area contributed by atoms with Crippen molar-refractivity contribution >= 4 is 5.69 Å². The molecule has 15 heavy (non-hydrogen) atoms. The zero-order chi connectivity index (χ0) is 10.7. The van der Waals surface area contributed by atoms with Crippen LogP contribution >= 0.6 is 0 Å². The number of benzene rings is 1. The zero-order valence-electron chi connectivity index (χ0n) is 8.81. The predicted octanol–water partition coefficient (Wildman–Crippen LogP) is 2.19. The van der Waals surface area contributed by atoms with Crippen molar-refractivity contribution in [1.29, 1.82) is 5.26 Å². The van der Waals surface area contributed by atoms with Crippen molar-refractivity contribution in [2.45, 2.75) is 18.9 Å². The first-order valence-corrected chi connectivity index (χ1v) is 5.15. The lowest BCUT2D eigenvalue weighted by Gasteiger charge is -2.21. The Labute approximate surface area is 89.9 Å². The molecule has 1 heterocycles. The fourth-order valence-electron chi connectivity index (χ4n) is 1.98. The first kappa shape index (κ1) is 9.85. The fourth-order valence-corrected chi connectivity index (χ4v) is 1.98. The summed E-state index contributed by atoms with van der Waals surface area (Å²) in [6.07, 6.45) is 2.08. The number of hydrogen-bond donors (Lipinski definition) is 0. The minimum Gasteiger partial charge on any atom is -0.497 e. The van der Waals surface area contributed by atoms with E-state index in [2.05, 4.69) is 11.0 Å². The van der Waals surface area contributed by atoms with Gasteiger partial charge in [-0.1, -0.05) is 0 Å². The molecule has 2 rings (SSSR count). The number of hydrogen-bond acceptors (Lipinski definition) is 3. The maximum absolute atomic E-state index is 8.98. The second-order valence-electron chi connectivity index (χ2n) is 3.68. The van der Waals surface area contributed by atoms with Crippen LogP contribution in [0.4, 0.5) is 5.69 Å². The molecule has 1 saturated heterocycles. The summed E-state index contributed by atoms with van der Waals surface area (Å²) in [5.74, 6) is 0.853. The van der Waals surface area contributed by atoms with Crippen LogP contribution in [0.15, 0.2) is 24.3 Å². The highest BCUT2D eigenvalue weighted by Crippen LogP contribution is 2.26. The van der Waals surface area contributed by atoms with Gasteiger partial charge in [0.2, 0.25) is 0 Å². The molecule has 1 atom stereocenters. The van der Waals surface area contributed by atoms with Gasteiger partial charge in [-0.25, -0.2) is 0 Å². The first-order chi connectivity index (χ1) is 7.35. The highest BCUT2D eigenvalue weighted by molar-refractivity contribution is 5.52. The lowest BCUT2D eigenvalue weighted by molar-refractivity contribution is 0.415. The van der Waals surface area contributed by atoms with Gasteiger partial charge in [0.25, 0.3) is 0 Å². The zero-order valence-corrected chi connectivity index (χ0v) is 8.81. The third-order valence-corrected chi connectivity index (χ3v) is 2.81. The van der Waals surface area contributed by atoms with Crippen molar-refractivity contribution in [2.24, 2.45) is 0 Å². The van der Waals surface area contributed by atoms with Crippen molar-refractivity contribution in [1.82, 2.24) is 0 Å². The van der Waals surface area contributed by atoms with Crippen LogP contribution in [0.3, 0.4) is 0 Å². The molecule has 3 heteroatoms. The fraction of sp³-hybridized carbons (Fsp3) is 0.417. The summed E-state index contributed by atoms with van der Waals surface area (Å²) in [4.78, 5) is 2.15. The molecule has 0 N–H and O–H groups in total. The smallest absolute Gasteiger partial charge is 0.119 e. The van der Waals surface area contributed by atoms with Crippen LogP contribution in [-0.2, 0) is 0 Å². The van der Waals surface area contributed by atoms with Gasteiger partial charge in [-0.05, 0) is 37.1 Å². The second kappa shape index (κ2) is 4.22. The number of rotatable bonds is 2. The minimum atomic E-state index is 0.0402. The van der Waals surface area contributed by atoms with Crippen molar-refractivity contribution in [2.75, 3.05) is 18.6 Å². The molecule has 3 nitrogen and oxygen atoms in total. The van der Waals surface area contributed by atoms with E-state index < -0.39 is 0 Å². The second-order valence-corrected chi connectivity index (χ2v) is 3.68. The van der Waals surface area contributed by atoms with E-state index in [0.717, 1.165) is 30.8 Å². The van der Waals surface area contributed by atoms with E-state index in [0.29, 0.717) is 0 Å². The van der Waals surface area contributed by atoms with Crippen LogP contribution in [0.2, 0.25) is 0 Å². The molecular formula is C12H14N2O. The molecule has 0 aromatic heterocycles. The van der Waals surface area contributed by atoms with Gasteiger partial charge in [-0.15, -0.1) is 0 Å². The number of ether oxygens (including phenoxy) is 1. The molecule has 1 aromatic carbocycles. The highest BCUT2D eigenvalue weighted by Gasteiger charge is 2.23. The summed E-state index contributed by atoms with van der Waals surface area (Å²) < 4.78 is 5.10. The van der Waals surface area contributed by atoms with E-state index in [-0.39, 0.29) is 6.04 Å². The SMILES string of the molecule is COc1ccc(N2CCCC2C#N)cc1. The summed E-state index contributed by atoms with van der Waals surface area (Å²) >= 11 is 0.